The van der Waals surface area contributed by atoms with Crippen LogP contribution in [0.3, 0.4) is 0 Å². The first-order valence-corrected chi connectivity index (χ1v) is 11.0. The van der Waals surface area contributed by atoms with Crippen LogP contribution in [0.1, 0.15) is 21.7 Å². The zero-order chi connectivity index (χ0) is 21.1. The van der Waals surface area contributed by atoms with Gasteiger partial charge in [0.1, 0.15) is 5.75 Å². The Bertz CT molecular complexity index is 1090. The van der Waals surface area contributed by atoms with Crippen LogP contribution in [0, 0.1) is 0 Å². The quantitative estimate of drug-likeness (QED) is 0.533. The number of fused-ring (bicyclic) bond motifs is 1. The number of ether oxygens (including phenoxy) is 1. The molecule has 0 saturated carbocycles. The van der Waals surface area contributed by atoms with Gasteiger partial charge < -0.3 is 15.0 Å². The van der Waals surface area contributed by atoms with Crippen LogP contribution in [-0.4, -0.2) is 25.0 Å². The highest BCUT2D eigenvalue weighted by Gasteiger charge is 2.24. The van der Waals surface area contributed by atoms with Crippen molar-refractivity contribution in [3.63, 3.8) is 0 Å². The Balaban J connectivity index is 1.42. The predicted molar refractivity (Wildman–Crippen MR) is 121 cm³/mol. The molecule has 0 saturated heterocycles. The SMILES string of the molecule is O=C(COc1ccc(Cl)cc1Cl)Nc1ccc2c(c1)CCCN2C(=O)c1cccs1. The Kier molecular flexibility index (Phi) is 6.27. The molecular weight excluding hydrogens is 443 g/mol. The summed E-state index contributed by atoms with van der Waals surface area (Å²) in [5.74, 6) is 0.101. The molecule has 3 aromatic rings. The van der Waals surface area contributed by atoms with E-state index in [0.717, 1.165) is 29.0 Å². The van der Waals surface area contributed by atoms with Gasteiger partial charge in [0.15, 0.2) is 6.61 Å². The van der Waals surface area contributed by atoms with Crippen molar-refractivity contribution in [1.29, 1.82) is 0 Å². The summed E-state index contributed by atoms with van der Waals surface area (Å²) in [4.78, 5) is 27.6. The topological polar surface area (TPSA) is 58.6 Å². The molecule has 2 heterocycles. The van der Waals surface area contributed by atoms with Crippen molar-refractivity contribution in [3.05, 3.63) is 74.4 Å². The average molecular weight is 461 g/mol. The van der Waals surface area contributed by atoms with Gasteiger partial charge in [-0.2, -0.15) is 0 Å². The molecule has 154 valence electrons. The maximum atomic E-state index is 12.8. The van der Waals surface area contributed by atoms with Crippen LogP contribution < -0.4 is 15.0 Å². The lowest BCUT2D eigenvalue weighted by molar-refractivity contribution is -0.118. The highest BCUT2D eigenvalue weighted by molar-refractivity contribution is 7.12. The number of anilines is 2. The van der Waals surface area contributed by atoms with Crippen LogP contribution in [0.5, 0.6) is 5.75 Å². The highest BCUT2D eigenvalue weighted by Crippen LogP contribution is 2.32. The van der Waals surface area contributed by atoms with Gasteiger partial charge >= 0.3 is 0 Å². The molecule has 2 aromatic carbocycles. The van der Waals surface area contributed by atoms with Crippen molar-refractivity contribution in [2.75, 3.05) is 23.4 Å². The number of rotatable bonds is 5. The minimum atomic E-state index is -0.303. The van der Waals surface area contributed by atoms with E-state index in [4.69, 9.17) is 27.9 Å². The lowest BCUT2D eigenvalue weighted by Gasteiger charge is -2.29. The summed E-state index contributed by atoms with van der Waals surface area (Å²) in [6, 6.07) is 14.1. The monoisotopic (exact) mass is 460 g/mol. The first-order valence-electron chi connectivity index (χ1n) is 9.37. The fraction of sp³-hybridized carbons (Fsp3) is 0.182. The number of halogens is 2. The molecule has 30 heavy (non-hydrogen) atoms. The number of carbonyl (C=O) groups is 2. The van der Waals surface area contributed by atoms with E-state index >= 15 is 0 Å². The number of nitrogens with one attached hydrogen (secondary N) is 1. The molecule has 0 bridgehead atoms. The normalized spacial score (nSPS) is 12.9. The van der Waals surface area contributed by atoms with Gasteiger partial charge in [-0.25, -0.2) is 0 Å². The highest BCUT2D eigenvalue weighted by atomic mass is 35.5. The van der Waals surface area contributed by atoms with Crippen molar-refractivity contribution in [2.45, 2.75) is 12.8 Å². The fourth-order valence-corrected chi connectivity index (χ4v) is 4.49. The van der Waals surface area contributed by atoms with Gasteiger partial charge in [-0.3, -0.25) is 9.59 Å². The molecule has 0 aliphatic carbocycles. The third-order valence-corrected chi connectivity index (χ3v) is 6.10. The van der Waals surface area contributed by atoms with E-state index in [0.29, 0.717) is 28.0 Å². The lowest BCUT2D eigenvalue weighted by Crippen LogP contribution is -2.35. The van der Waals surface area contributed by atoms with Crippen LogP contribution >= 0.6 is 34.5 Å². The van der Waals surface area contributed by atoms with Crippen LogP contribution in [0.15, 0.2) is 53.9 Å². The number of aryl methyl sites for hydroxylation is 1. The van der Waals surface area contributed by atoms with E-state index in [1.165, 1.54) is 11.3 Å². The number of benzene rings is 2. The average Bonchev–Trinajstić information content (AvgIpc) is 3.27. The Labute approximate surface area is 188 Å². The van der Waals surface area contributed by atoms with Crippen molar-refractivity contribution < 1.29 is 14.3 Å². The van der Waals surface area contributed by atoms with Gasteiger partial charge in [0.25, 0.3) is 11.8 Å². The van der Waals surface area contributed by atoms with Crippen molar-refractivity contribution >= 4 is 57.7 Å². The smallest absolute Gasteiger partial charge is 0.268 e. The minimum absolute atomic E-state index is 0.0102. The molecule has 1 N–H and O–H groups in total. The van der Waals surface area contributed by atoms with Gasteiger partial charge in [-0.05, 0) is 66.2 Å². The van der Waals surface area contributed by atoms with Crippen LogP contribution in [0.25, 0.3) is 0 Å². The number of hydrogen-bond acceptors (Lipinski definition) is 4. The van der Waals surface area contributed by atoms with Crippen molar-refractivity contribution in [2.24, 2.45) is 0 Å². The van der Waals surface area contributed by atoms with Gasteiger partial charge in [0.2, 0.25) is 0 Å². The van der Waals surface area contributed by atoms with Gasteiger partial charge in [-0.1, -0.05) is 29.3 Å². The Morgan fingerprint density at radius 3 is 2.77 bits per heavy atom. The third kappa shape index (κ3) is 4.61. The van der Waals surface area contributed by atoms with E-state index in [9.17, 15) is 9.59 Å². The fourth-order valence-electron chi connectivity index (χ4n) is 3.35. The summed E-state index contributed by atoms with van der Waals surface area (Å²) >= 11 is 13.4. The molecule has 1 aliphatic heterocycles. The van der Waals surface area contributed by atoms with Crippen LogP contribution in [-0.2, 0) is 11.2 Å². The molecule has 0 radical (unpaired) electrons. The summed E-state index contributed by atoms with van der Waals surface area (Å²) in [6.45, 7) is 0.507. The predicted octanol–water partition coefficient (Wildman–Crippen LogP) is 5.67. The zero-order valence-corrected chi connectivity index (χ0v) is 18.2. The summed E-state index contributed by atoms with van der Waals surface area (Å²) in [5, 5.41) is 5.57. The number of hydrogen-bond donors (Lipinski definition) is 1. The second kappa shape index (κ2) is 9.08. The summed E-state index contributed by atoms with van der Waals surface area (Å²) in [6.07, 6.45) is 1.73. The Morgan fingerprint density at radius 1 is 1.13 bits per heavy atom. The minimum Gasteiger partial charge on any atom is -0.482 e. The summed E-state index contributed by atoms with van der Waals surface area (Å²) in [5.41, 5.74) is 2.59. The molecule has 0 unspecified atom stereocenters. The second-order valence-electron chi connectivity index (χ2n) is 6.79. The standard InChI is InChI=1S/C22H18Cl2N2O3S/c23-15-5-8-19(17(24)12-15)29-13-21(27)25-16-6-7-18-14(11-16)3-1-9-26(18)22(28)20-4-2-10-30-20/h2,4-8,10-12H,1,3,9,13H2,(H,25,27). The maximum absolute atomic E-state index is 12.8. The van der Waals surface area contributed by atoms with Crippen LogP contribution in [0.2, 0.25) is 10.0 Å². The number of nitrogens with zero attached hydrogens (tertiary/aromatic N) is 1. The van der Waals surface area contributed by atoms with E-state index < -0.39 is 0 Å². The van der Waals surface area contributed by atoms with E-state index in [2.05, 4.69) is 5.32 Å². The van der Waals surface area contributed by atoms with E-state index in [1.807, 2.05) is 34.5 Å². The second-order valence-corrected chi connectivity index (χ2v) is 8.58. The van der Waals surface area contributed by atoms with Gasteiger partial charge in [0, 0.05) is 22.9 Å². The number of amides is 2. The molecule has 1 aliphatic rings. The largest absolute Gasteiger partial charge is 0.482 e. The van der Waals surface area contributed by atoms with E-state index in [-0.39, 0.29) is 18.4 Å². The molecule has 2 amide bonds. The first-order chi connectivity index (χ1) is 14.5. The van der Waals surface area contributed by atoms with Crippen LogP contribution in [0.4, 0.5) is 11.4 Å². The molecular formula is C22H18Cl2N2O3S. The molecule has 0 spiro atoms. The molecule has 5 nitrogen and oxygen atoms in total. The van der Waals surface area contributed by atoms with E-state index in [1.54, 1.807) is 24.3 Å². The lowest BCUT2D eigenvalue weighted by atomic mass is 10.0. The van der Waals surface area contributed by atoms with Crippen molar-refractivity contribution in [1.82, 2.24) is 0 Å². The Hall–Kier alpha value is -2.54. The molecule has 4 rings (SSSR count). The molecule has 8 heteroatoms. The molecule has 1 aromatic heterocycles. The zero-order valence-electron chi connectivity index (χ0n) is 15.9. The summed E-state index contributed by atoms with van der Waals surface area (Å²) < 4.78 is 5.47. The molecule has 0 fully saturated rings. The number of carbonyl (C=O) groups excluding carboxylic acids is 2. The first kappa shape index (κ1) is 20.7. The van der Waals surface area contributed by atoms with Crippen molar-refractivity contribution in [3.8, 4) is 5.75 Å². The van der Waals surface area contributed by atoms with Gasteiger partial charge in [-0.15, -0.1) is 11.3 Å². The maximum Gasteiger partial charge on any atom is 0.268 e. The van der Waals surface area contributed by atoms with Gasteiger partial charge in [0.05, 0.1) is 9.90 Å². The summed E-state index contributed by atoms with van der Waals surface area (Å²) in [7, 11) is 0. The Morgan fingerprint density at radius 2 is 2.00 bits per heavy atom. The molecule has 0 atom stereocenters. The third-order valence-electron chi connectivity index (χ3n) is 4.71. The number of thiophene rings is 1.